The van der Waals surface area contributed by atoms with Crippen molar-refractivity contribution in [2.24, 2.45) is 10.7 Å². The summed E-state index contributed by atoms with van der Waals surface area (Å²) in [5.41, 5.74) is 10.0. The molecule has 0 aliphatic carbocycles. The summed E-state index contributed by atoms with van der Waals surface area (Å²) in [5, 5.41) is 4.27. The predicted molar refractivity (Wildman–Crippen MR) is 312 cm³/mol. The number of ether oxygens (including phenoxy) is 12. The monoisotopic (exact) mass is 1300 g/mol. The van der Waals surface area contributed by atoms with Crippen LogP contribution in [0.3, 0.4) is 0 Å². The first-order valence-electron chi connectivity index (χ1n) is 29.1. The van der Waals surface area contributed by atoms with Crippen LogP contribution < -0.4 is 15.8 Å². The summed E-state index contributed by atoms with van der Waals surface area (Å²) in [6, 6.07) is 11.2. The van der Waals surface area contributed by atoms with E-state index >= 15 is 0 Å². The minimum atomic E-state index is -5.66. The molecule has 0 spiro atoms. The zero-order valence-corrected chi connectivity index (χ0v) is 51.3. The van der Waals surface area contributed by atoms with Gasteiger partial charge in [0, 0.05) is 55.1 Å². The number of fused-ring (bicyclic) bond motifs is 1. The minimum Gasteiger partial charge on any atom is -0.467 e. The molecule has 500 valence electrons. The second kappa shape index (κ2) is 40.3. The number of carbonyl (C=O) groups is 5. The van der Waals surface area contributed by atoms with Crippen LogP contribution in [-0.4, -0.2) is 229 Å². The highest BCUT2D eigenvalue weighted by Crippen LogP contribution is 2.34. The number of methoxy groups -OCH3 is 1. The fraction of sp³-hybridized carbons (Fsp3) is 0.559. The zero-order chi connectivity index (χ0) is 65.3. The third-order valence-electron chi connectivity index (χ3n) is 13.0. The largest absolute Gasteiger partial charge is 0.467 e. The lowest BCUT2D eigenvalue weighted by atomic mass is 9.99. The van der Waals surface area contributed by atoms with Crippen molar-refractivity contribution in [1.82, 2.24) is 15.3 Å². The van der Waals surface area contributed by atoms with Gasteiger partial charge in [0.1, 0.15) is 11.9 Å². The number of esters is 2. The van der Waals surface area contributed by atoms with Crippen molar-refractivity contribution in [3.8, 4) is 16.9 Å². The van der Waals surface area contributed by atoms with E-state index < -0.39 is 80.4 Å². The molecule has 2 heterocycles. The lowest BCUT2D eigenvalue weighted by Gasteiger charge is -2.22. The Kier molecular flexibility index (Phi) is 33.2. The zero-order valence-electron chi connectivity index (χ0n) is 50.5. The Morgan fingerprint density at radius 2 is 1.13 bits per heavy atom. The van der Waals surface area contributed by atoms with Crippen molar-refractivity contribution in [3.63, 3.8) is 0 Å². The Bertz CT molecular complexity index is 2930. The Morgan fingerprint density at radius 1 is 0.667 bits per heavy atom. The van der Waals surface area contributed by atoms with Gasteiger partial charge in [-0.15, -0.1) is 0 Å². The number of hydrogen-bond acceptors (Lipinski definition) is 22. The van der Waals surface area contributed by atoms with Crippen LogP contribution in [0.15, 0.2) is 57.9 Å². The molecule has 2 aliphatic heterocycles. The molecular formula is C59H79F4N5O21S. The van der Waals surface area contributed by atoms with Gasteiger partial charge in [0.2, 0.25) is 23.3 Å². The summed E-state index contributed by atoms with van der Waals surface area (Å²) in [7, 11) is -4.41. The molecule has 3 aromatic rings. The number of halogens is 4. The maximum atomic E-state index is 14.0. The van der Waals surface area contributed by atoms with E-state index in [1.54, 1.807) is 30.3 Å². The quantitative estimate of drug-likeness (QED) is 0.0133. The first-order valence-corrected chi connectivity index (χ1v) is 30.5. The van der Waals surface area contributed by atoms with Crippen LogP contribution in [0.5, 0.6) is 5.75 Å². The van der Waals surface area contributed by atoms with Crippen molar-refractivity contribution in [2.75, 3.05) is 159 Å². The van der Waals surface area contributed by atoms with Gasteiger partial charge in [-0.25, -0.2) is 23.6 Å². The van der Waals surface area contributed by atoms with E-state index in [1.165, 1.54) is 17.1 Å². The molecule has 1 saturated heterocycles. The van der Waals surface area contributed by atoms with E-state index in [9.17, 15) is 50.0 Å². The van der Waals surface area contributed by atoms with E-state index in [0.29, 0.717) is 116 Å². The van der Waals surface area contributed by atoms with E-state index in [-0.39, 0.29) is 89.7 Å². The highest BCUT2D eigenvalue weighted by molar-refractivity contribution is 7.85. The van der Waals surface area contributed by atoms with Crippen molar-refractivity contribution in [3.05, 3.63) is 82.4 Å². The maximum Gasteiger partial charge on any atom is 0.328 e. The fourth-order valence-corrected chi connectivity index (χ4v) is 9.35. The molecule has 3 amide bonds. The summed E-state index contributed by atoms with van der Waals surface area (Å²) >= 11 is 0. The van der Waals surface area contributed by atoms with Crippen LogP contribution in [0.1, 0.15) is 61.9 Å². The summed E-state index contributed by atoms with van der Waals surface area (Å²) in [6.07, 6.45) is 2.33. The second-order valence-electron chi connectivity index (χ2n) is 19.6. The average molecular weight is 1300 g/mol. The normalized spacial score (nSPS) is 14.8. The number of benzene rings is 3. The van der Waals surface area contributed by atoms with E-state index in [2.05, 4.69) is 15.0 Å². The fourth-order valence-electron chi connectivity index (χ4n) is 8.72. The molecule has 2 atom stereocenters. The molecule has 90 heavy (non-hydrogen) atoms. The van der Waals surface area contributed by atoms with Crippen LogP contribution in [0.2, 0.25) is 0 Å². The lowest BCUT2D eigenvalue weighted by Crippen LogP contribution is -2.42. The molecule has 0 radical (unpaired) electrons. The van der Waals surface area contributed by atoms with Gasteiger partial charge in [-0.05, 0) is 48.7 Å². The summed E-state index contributed by atoms with van der Waals surface area (Å²) in [6.45, 7) is 9.87. The highest BCUT2D eigenvalue weighted by Gasteiger charge is 2.41. The number of rotatable bonds is 44. The lowest BCUT2D eigenvalue weighted by molar-refractivity contribution is -0.180. The minimum absolute atomic E-state index is 0.00802. The van der Waals surface area contributed by atoms with Crippen LogP contribution in [0, 0.1) is 23.3 Å². The second-order valence-corrected chi connectivity index (χ2v) is 21.0. The number of aliphatic imine (C=N–C) groups is 1. The topological polar surface area (TPSA) is 317 Å². The first kappa shape index (κ1) is 74.1. The van der Waals surface area contributed by atoms with Gasteiger partial charge in [0.05, 0.1) is 158 Å². The Morgan fingerprint density at radius 3 is 1.59 bits per heavy atom. The Labute approximate surface area is 519 Å². The SMILES string of the molecule is CCCN(OCC)C(=O)C1=Cc2ccc(-c3ccc(C(=O)N4C[C@@H](NC(=O)CCOCCOCCOCCOCCOCCOCCOCCOCCOCCOCCC(=O)Oc5c(F)c(F)c(S(=O)(=O)O)c(F)c5F)C[C@H]4C(=O)OC)cc3)cc2N=C(N)C1. The first-order chi connectivity index (χ1) is 43.4. The molecule has 3 aromatic carbocycles. The number of likely N-dealkylation sites (tertiary alicyclic amines) is 1. The molecule has 31 heteroatoms. The smallest absolute Gasteiger partial charge is 0.328 e. The molecule has 1 fully saturated rings. The van der Waals surface area contributed by atoms with Crippen molar-refractivity contribution >= 4 is 57.4 Å². The van der Waals surface area contributed by atoms with E-state index in [1.807, 2.05) is 32.0 Å². The number of nitrogens with two attached hydrogens (primary N) is 1. The predicted octanol–water partition coefficient (Wildman–Crippen LogP) is 4.55. The van der Waals surface area contributed by atoms with Gasteiger partial charge in [0.15, 0.2) is 16.5 Å². The summed E-state index contributed by atoms with van der Waals surface area (Å²) < 4.78 is 150. The van der Waals surface area contributed by atoms with Crippen LogP contribution in [-0.2, 0) is 86.2 Å². The number of carbonyl (C=O) groups excluding carboxylic acids is 5. The molecular weight excluding hydrogens is 1220 g/mol. The van der Waals surface area contributed by atoms with Gasteiger partial charge in [-0.1, -0.05) is 31.2 Å². The standard InChI is InChI=1S/C59H79F4N5O21S/c1-4-14-68(88-5-2)58(72)44-35-43-11-10-42(36-46(43)66-48(64)37-44)40-6-8-41(9-7-40)57(71)67-39-45(38-47(67)59(73)77-3)65-49(69)12-15-78-17-19-80-21-23-82-25-27-84-29-31-86-33-34-87-32-30-85-28-26-83-24-22-81-20-18-79-16-13-50(70)89-55-51(60)53(62)56(90(74,75)76)54(63)52(55)61/h6-11,35-36,45,47H,4-5,12-34,37-39H2,1-3H3,(H2,64,66)(H,65,69)(H,74,75,76)/t45-,47-/m0/s1. The number of nitrogens with zero attached hydrogens (tertiary/aromatic N) is 3. The van der Waals surface area contributed by atoms with Gasteiger partial charge < -0.3 is 72.8 Å². The summed E-state index contributed by atoms with van der Waals surface area (Å²) in [4.78, 5) is 74.0. The highest BCUT2D eigenvalue weighted by atomic mass is 32.2. The third kappa shape index (κ3) is 24.9. The van der Waals surface area contributed by atoms with Crippen LogP contribution >= 0.6 is 0 Å². The van der Waals surface area contributed by atoms with Crippen molar-refractivity contribution in [1.29, 1.82) is 0 Å². The number of nitrogens with one attached hydrogen (secondary N) is 1. The molecule has 0 unspecified atom stereocenters. The van der Waals surface area contributed by atoms with Crippen molar-refractivity contribution < 1.29 is 116 Å². The molecule has 2 aliphatic rings. The maximum absolute atomic E-state index is 14.0. The molecule has 5 rings (SSSR count). The number of hydrogen-bond donors (Lipinski definition) is 3. The van der Waals surface area contributed by atoms with Gasteiger partial charge in [-0.3, -0.25) is 28.6 Å². The van der Waals surface area contributed by atoms with Gasteiger partial charge in [0.25, 0.3) is 11.8 Å². The van der Waals surface area contributed by atoms with Gasteiger partial charge >= 0.3 is 22.1 Å². The Balaban J connectivity index is 0.792. The van der Waals surface area contributed by atoms with Gasteiger partial charge in [-0.2, -0.15) is 17.2 Å². The molecule has 0 aromatic heterocycles. The van der Waals surface area contributed by atoms with Crippen LogP contribution in [0.25, 0.3) is 17.2 Å². The third-order valence-corrected chi connectivity index (χ3v) is 13.9. The molecule has 0 saturated carbocycles. The van der Waals surface area contributed by atoms with E-state index in [0.717, 1.165) is 23.1 Å². The number of amides is 3. The molecule has 0 bridgehead atoms. The summed E-state index contributed by atoms with van der Waals surface area (Å²) in [5.74, 6) is -14.0. The molecule has 4 N–H and O–H groups in total. The van der Waals surface area contributed by atoms with Crippen molar-refractivity contribution in [2.45, 2.75) is 62.9 Å². The average Bonchev–Trinajstić information content (AvgIpc) is 0.912. The molecule has 26 nitrogen and oxygen atoms in total. The van der Waals surface area contributed by atoms with Crippen LogP contribution in [0.4, 0.5) is 23.2 Å². The Hall–Kier alpha value is -6.59. The number of hydroxylamine groups is 2. The number of amidine groups is 1. The van der Waals surface area contributed by atoms with E-state index in [4.69, 9.17) is 67.2 Å².